The zero-order valence-electron chi connectivity index (χ0n) is 11.2. The largest absolute Gasteiger partial charge is 0.299 e. The van der Waals surface area contributed by atoms with Crippen LogP contribution in [0.1, 0.15) is 22.3 Å². The number of carbonyl (C=O) groups excluding carboxylic acids is 1. The summed E-state index contributed by atoms with van der Waals surface area (Å²) in [4.78, 5) is 12.1. The van der Waals surface area contributed by atoms with E-state index in [9.17, 15) is 4.79 Å². The Morgan fingerprint density at radius 3 is 2.42 bits per heavy atom. The fourth-order valence-electron chi connectivity index (χ4n) is 2.06. The zero-order chi connectivity index (χ0) is 13.8. The van der Waals surface area contributed by atoms with Crippen molar-refractivity contribution in [1.82, 2.24) is 0 Å². The second-order valence-corrected chi connectivity index (χ2v) is 5.76. The monoisotopic (exact) mass is 316 g/mol. The summed E-state index contributed by atoms with van der Waals surface area (Å²) in [6.07, 6.45) is 0.983. The Hall–Kier alpha value is -1.41. The van der Waals surface area contributed by atoms with Gasteiger partial charge in [-0.1, -0.05) is 52.3 Å². The van der Waals surface area contributed by atoms with Crippen LogP contribution in [-0.4, -0.2) is 5.78 Å². The summed E-state index contributed by atoms with van der Waals surface area (Å²) < 4.78 is 1.00. The summed E-state index contributed by atoms with van der Waals surface area (Å²) in [7, 11) is 0. The average Bonchev–Trinajstić information content (AvgIpc) is 2.37. The molecule has 0 saturated heterocycles. The molecule has 98 valence electrons. The molecule has 0 spiro atoms. The van der Waals surface area contributed by atoms with Crippen LogP contribution in [-0.2, 0) is 17.6 Å². The maximum absolute atomic E-state index is 12.1. The highest BCUT2D eigenvalue weighted by Gasteiger charge is 2.08. The van der Waals surface area contributed by atoms with Crippen molar-refractivity contribution in [2.24, 2.45) is 0 Å². The second kappa shape index (κ2) is 6.16. The molecule has 0 amide bonds. The SMILES string of the molecule is Cc1ccc(CC(=O)Cc2ccccc2Br)cc1C. The minimum absolute atomic E-state index is 0.246. The molecule has 0 bridgehead atoms. The van der Waals surface area contributed by atoms with Gasteiger partial charge in [0.15, 0.2) is 0 Å². The van der Waals surface area contributed by atoms with Crippen LogP contribution in [0.15, 0.2) is 46.9 Å². The number of hydrogen-bond acceptors (Lipinski definition) is 1. The molecule has 2 heteroatoms. The van der Waals surface area contributed by atoms with Crippen LogP contribution in [0.3, 0.4) is 0 Å². The molecule has 19 heavy (non-hydrogen) atoms. The van der Waals surface area contributed by atoms with E-state index in [4.69, 9.17) is 0 Å². The predicted octanol–water partition coefficient (Wildman–Crippen LogP) is 4.42. The van der Waals surface area contributed by atoms with Crippen LogP contribution >= 0.6 is 15.9 Å². The molecule has 1 nitrogen and oxygen atoms in total. The van der Waals surface area contributed by atoms with Gasteiger partial charge in [-0.05, 0) is 42.2 Å². The Balaban J connectivity index is 2.05. The third-order valence-corrected chi connectivity index (χ3v) is 4.09. The molecule has 0 heterocycles. The second-order valence-electron chi connectivity index (χ2n) is 4.90. The Morgan fingerprint density at radius 1 is 1.00 bits per heavy atom. The number of rotatable bonds is 4. The number of ketones is 1. The lowest BCUT2D eigenvalue weighted by Gasteiger charge is -2.06. The van der Waals surface area contributed by atoms with E-state index in [0.29, 0.717) is 12.8 Å². The number of halogens is 1. The molecule has 0 aliphatic carbocycles. The smallest absolute Gasteiger partial charge is 0.141 e. The topological polar surface area (TPSA) is 17.1 Å². The Morgan fingerprint density at radius 2 is 1.74 bits per heavy atom. The summed E-state index contributed by atoms with van der Waals surface area (Å²) in [5.74, 6) is 0.246. The first-order valence-electron chi connectivity index (χ1n) is 6.37. The van der Waals surface area contributed by atoms with Crippen molar-refractivity contribution in [3.8, 4) is 0 Å². The molecule has 2 aromatic carbocycles. The number of benzene rings is 2. The highest BCUT2D eigenvalue weighted by molar-refractivity contribution is 9.10. The van der Waals surface area contributed by atoms with Crippen molar-refractivity contribution in [3.05, 3.63) is 69.2 Å². The molecular formula is C17H17BrO. The third kappa shape index (κ3) is 3.77. The van der Waals surface area contributed by atoms with Crippen LogP contribution in [0.5, 0.6) is 0 Å². The maximum Gasteiger partial charge on any atom is 0.141 e. The van der Waals surface area contributed by atoms with Crippen molar-refractivity contribution in [3.63, 3.8) is 0 Å². The van der Waals surface area contributed by atoms with Crippen molar-refractivity contribution in [2.45, 2.75) is 26.7 Å². The van der Waals surface area contributed by atoms with Gasteiger partial charge in [-0.15, -0.1) is 0 Å². The first-order chi connectivity index (χ1) is 9.06. The molecule has 0 radical (unpaired) electrons. The highest BCUT2D eigenvalue weighted by Crippen LogP contribution is 2.18. The van der Waals surface area contributed by atoms with E-state index < -0.39 is 0 Å². The molecule has 2 rings (SSSR count). The normalized spacial score (nSPS) is 10.5. The quantitative estimate of drug-likeness (QED) is 0.816. The van der Waals surface area contributed by atoms with E-state index in [1.807, 2.05) is 30.3 Å². The molecule has 0 N–H and O–H groups in total. The van der Waals surface area contributed by atoms with Crippen LogP contribution in [0.4, 0.5) is 0 Å². The van der Waals surface area contributed by atoms with E-state index >= 15 is 0 Å². The van der Waals surface area contributed by atoms with E-state index in [1.165, 1.54) is 11.1 Å². The lowest BCUT2D eigenvalue weighted by Crippen LogP contribution is -2.07. The van der Waals surface area contributed by atoms with Gasteiger partial charge in [-0.2, -0.15) is 0 Å². The number of carbonyl (C=O) groups is 1. The van der Waals surface area contributed by atoms with Gasteiger partial charge < -0.3 is 0 Å². The molecule has 0 fully saturated rings. The lowest BCUT2D eigenvalue weighted by atomic mass is 10.00. The van der Waals surface area contributed by atoms with E-state index in [0.717, 1.165) is 15.6 Å². The molecule has 0 aromatic heterocycles. The van der Waals surface area contributed by atoms with Crippen molar-refractivity contribution >= 4 is 21.7 Å². The first kappa shape index (κ1) is 14.0. The van der Waals surface area contributed by atoms with Crippen molar-refractivity contribution in [2.75, 3.05) is 0 Å². The number of aryl methyl sites for hydroxylation is 2. The van der Waals surface area contributed by atoms with Crippen molar-refractivity contribution < 1.29 is 4.79 Å². The number of Topliss-reactive ketones (excluding diaryl/α,β-unsaturated/α-hetero) is 1. The van der Waals surface area contributed by atoms with Gasteiger partial charge in [0.2, 0.25) is 0 Å². The maximum atomic E-state index is 12.1. The van der Waals surface area contributed by atoms with Gasteiger partial charge in [-0.25, -0.2) is 0 Å². The zero-order valence-corrected chi connectivity index (χ0v) is 12.8. The van der Waals surface area contributed by atoms with E-state index in [-0.39, 0.29) is 5.78 Å². The highest BCUT2D eigenvalue weighted by atomic mass is 79.9. The van der Waals surface area contributed by atoms with Crippen LogP contribution in [0, 0.1) is 13.8 Å². The summed E-state index contributed by atoms with van der Waals surface area (Å²) >= 11 is 3.48. The standard InChI is InChI=1S/C17H17BrO/c1-12-7-8-14(9-13(12)2)10-16(19)11-15-5-3-4-6-17(15)18/h3-9H,10-11H2,1-2H3. The van der Waals surface area contributed by atoms with Gasteiger partial charge in [-0.3, -0.25) is 4.79 Å². The number of hydrogen-bond donors (Lipinski definition) is 0. The molecule has 2 aromatic rings. The van der Waals surface area contributed by atoms with Gasteiger partial charge in [0.1, 0.15) is 5.78 Å². The molecule has 0 atom stereocenters. The summed E-state index contributed by atoms with van der Waals surface area (Å²) in [5, 5.41) is 0. The Bertz CT molecular complexity index is 602. The fourth-order valence-corrected chi connectivity index (χ4v) is 2.48. The van der Waals surface area contributed by atoms with Crippen LogP contribution in [0.2, 0.25) is 0 Å². The van der Waals surface area contributed by atoms with E-state index in [2.05, 4.69) is 41.9 Å². The summed E-state index contributed by atoms with van der Waals surface area (Å²) in [6, 6.07) is 14.1. The van der Waals surface area contributed by atoms with Crippen molar-refractivity contribution in [1.29, 1.82) is 0 Å². The minimum atomic E-state index is 0.246. The van der Waals surface area contributed by atoms with E-state index in [1.54, 1.807) is 0 Å². The van der Waals surface area contributed by atoms with Gasteiger partial charge >= 0.3 is 0 Å². The average molecular weight is 317 g/mol. The first-order valence-corrected chi connectivity index (χ1v) is 7.17. The fraction of sp³-hybridized carbons (Fsp3) is 0.235. The molecule has 0 aliphatic heterocycles. The molecular weight excluding hydrogens is 300 g/mol. The Labute approximate surface area is 122 Å². The molecule has 0 aliphatic rings. The predicted molar refractivity (Wildman–Crippen MR) is 82.5 cm³/mol. The molecule has 0 unspecified atom stereocenters. The minimum Gasteiger partial charge on any atom is -0.299 e. The van der Waals surface area contributed by atoms with Gasteiger partial charge in [0.25, 0.3) is 0 Å². The van der Waals surface area contributed by atoms with Gasteiger partial charge in [0, 0.05) is 17.3 Å². The van der Waals surface area contributed by atoms with Crippen LogP contribution in [0.25, 0.3) is 0 Å². The summed E-state index contributed by atoms with van der Waals surface area (Å²) in [5.41, 5.74) is 4.66. The lowest BCUT2D eigenvalue weighted by molar-refractivity contribution is -0.117. The van der Waals surface area contributed by atoms with Crippen LogP contribution < -0.4 is 0 Å². The molecule has 0 saturated carbocycles. The Kier molecular flexibility index (Phi) is 4.54. The summed E-state index contributed by atoms with van der Waals surface area (Å²) in [6.45, 7) is 4.17. The van der Waals surface area contributed by atoms with Gasteiger partial charge in [0.05, 0.1) is 0 Å². The third-order valence-electron chi connectivity index (χ3n) is 3.32.